The Morgan fingerprint density at radius 3 is 2.57 bits per heavy atom. The van der Waals surface area contributed by atoms with Crippen LogP contribution in [0.5, 0.6) is 5.88 Å². The summed E-state index contributed by atoms with van der Waals surface area (Å²) in [5.41, 5.74) is 0.422. The van der Waals surface area contributed by atoms with Gasteiger partial charge < -0.3 is 15.4 Å². The van der Waals surface area contributed by atoms with E-state index in [0.29, 0.717) is 0 Å². The number of halogens is 4. The normalized spacial score (nSPS) is 12.2. The van der Waals surface area contributed by atoms with Gasteiger partial charge in [-0.1, -0.05) is 0 Å². The molecule has 0 bridgehead atoms. The summed E-state index contributed by atoms with van der Waals surface area (Å²) in [7, 11) is 0. The van der Waals surface area contributed by atoms with Crippen LogP contribution in [0, 0.1) is 5.82 Å². The highest BCUT2D eigenvalue weighted by molar-refractivity contribution is 5.96. The molecular weight excluding hydrogens is 384 g/mol. The molecule has 2 heterocycles. The van der Waals surface area contributed by atoms with Crippen LogP contribution in [0.1, 0.15) is 35.8 Å². The van der Waals surface area contributed by atoms with E-state index >= 15 is 0 Å². The Labute approximate surface area is 157 Å². The first-order chi connectivity index (χ1) is 13.0. The third kappa shape index (κ3) is 6.18. The summed E-state index contributed by atoms with van der Waals surface area (Å²) < 4.78 is 54.6. The highest BCUT2D eigenvalue weighted by atomic mass is 19.4. The minimum atomic E-state index is -4.62. The van der Waals surface area contributed by atoms with Crippen LogP contribution >= 0.6 is 0 Å². The first kappa shape index (κ1) is 21.1. The Hall–Kier alpha value is -3.24. The summed E-state index contributed by atoms with van der Waals surface area (Å²) in [6, 6.07) is 3.00. The number of hydrogen-bond acceptors (Lipinski definition) is 5. The van der Waals surface area contributed by atoms with Crippen LogP contribution in [0.2, 0.25) is 0 Å². The quantitative estimate of drug-likeness (QED) is 0.728. The fourth-order valence-electron chi connectivity index (χ4n) is 2.12. The number of aromatic nitrogens is 2. The summed E-state index contributed by atoms with van der Waals surface area (Å²) in [6.45, 7) is 1.17. The van der Waals surface area contributed by atoms with Crippen molar-refractivity contribution in [2.45, 2.75) is 26.1 Å². The second kappa shape index (κ2) is 8.63. The first-order valence-corrected chi connectivity index (χ1v) is 7.94. The van der Waals surface area contributed by atoms with E-state index < -0.39 is 36.4 Å². The van der Waals surface area contributed by atoms with Gasteiger partial charge in [-0.3, -0.25) is 9.59 Å². The first-order valence-electron chi connectivity index (χ1n) is 7.94. The van der Waals surface area contributed by atoms with Gasteiger partial charge in [-0.25, -0.2) is 14.4 Å². The van der Waals surface area contributed by atoms with E-state index in [1.54, 1.807) is 6.92 Å². The molecule has 0 radical (unpaired) electrons. The highest BCUT2D eigenvalue weighted by Crippen LogP contribution is 2.22. The smallest absolute Gasteiger partial charge is 0.422 e. The third-order valence-corrected chi connectivity index (χ3v) is 3.37. The summed E-state index contributed by atoms with van der Waals surface area (Å²) in [5, 5.41) is 5.03. The van der Waals surface area contributed by atoms with E-state index in [-0.39, 0.29) is 22.9 Å². The number of carbonyl (C=O) groups is 2. The van der Waals surface area contributed by atoms with Gasteiger partial charge in [0.2, 0.25) is 5.91 Å². The maximum Gasteiger partial charge on any atom is 0.422 e. The van der Waals surface area contributed by atoms with E-state index in [4.69, 9.17) is 0 Å². The zero-order valence-corrected chi connectivity index (χ0v) is 14.8. The standard InChI is InChI=1S/C17H16F4N4O3/c1-9(12-5-13(18)16(23-7-12)28-8-17(19,20)21)24-15(27)11-3-4-22-14(6-11)25-10(2)26/h3-7,9H,8H2,1-2H3,(H,24,27)(H,22,25,26). The Balaban J connectivity index is 2.06. The van der Waals surface area contributed by atoms with E-state index in [1.165, 1.54) is 25.3 Å². The molecule has 0 fully saturated rings. The van der Waals surface area contributed by atoms with Gasteiger partial charge in [0, 0.05) is 24.9 Å². The van der Waals surface area contributed by atoms with Crippen LogP contribution in [-0.2, 0) is 4.79 Å². The molecule has 0 aliphatic heterocycles. The Bertz CT molecular complexity index is 874. The van der Waals surface area contributed by atoms with Crippen molar-refractivity contribution in [1.82, 2.24) is 15.3 Å². The van der Waals surface area contributed by atoms with Gasteiger partial charge in [0.05, 0.1) is 6.04 Å². The largest absolute Gasteiger partial charge is 0.466 e. The number of carbonyl (C=O) groups excluding carboxylic acids is 2. The van der Waals surface area contributed by atoms with E-state index in [0.717, 1.165) is 12.3 Å². The van der Waals surface area contributed by atoms with Crippen molar-refractivity contribution in [3.8, 4) is 5.88 Å². The molecule has 7 nitrogen and oxygen atoms in total. The summed E-state index contributed by atoms with van der Waals surface area (Å²) in [4.78, 5) is 30.8. The molecule has 150 valence electrons. The average molecular weight is 400 g/mol. The van der Waals surface area contributed by atoms with Crippen LogP contribution < -0.4 is 15.4 Å². The van der Waals surface area contributed by atoms with Gasteiger partial charge in [-0.2, -0.15) is 13.2 Å². The van der Waals surface area contributed by atoms with Crippen LogP contribution in [0.15, 0.2) is 30.6 Å². The number of anilines is 1. The summed E-state index contributed by atoms with van der Waals surface area (Å²) >= 11 is 0. The number of alkyl halides is 3. The Morgan fingerprint density at radius 1 is 1.25 bits per heavy atom. The lowest BCUT2D eigenvalue weighted by Gasteiger charge is -2.15. The van der Waals surface area contributed by atoms with Crippen molar-refractivity contribution in [1.29, 1.82) is 0 Å². The minimum Gasteiger partial charge on any atom is -0.466 e. The van der Waals surface area contributed by atoms with Gasteiger partial charge in [0.1, 0.15) is 5.82 Å². The predicted octanol–water partition coefficient (Wildman–Crippen LogP) is 3.01. The van der Waals surface area contributed by atoms with Crippen molar-refractivity contribution < 1.29 is 31.9 Å². The number of nitrogens with zero attached hydrogens (tertiary/aromatic N) is 2. The fraction of sp³-hybridized carbons (Fsp3) is 0.294. The molecule has 0 saturated carbocycles. The molecular formula is C17H16F4N4O3. The molecule has 2 rings (SSSR count). The fourth-order valence-corrected chi connectivity index (χ4v) is 2.12. The maximum atomic E-state index is 13.9. The van der Waals surface area contributed by atoms with Crippen LogP contribution in [0.4, 0.5) is 23.4 Å². The lowest BCUT2D eigenvalue weighted by molar-refractivity contribution is -0.154. The predicted molar refractivity (Wildman–Crippen MR) is 90.2 cm³/mol. The van der Waals surface area contributed by atoms with Gasteiger partial charge in [0.15, 0.2) is 12.4 Å². The molecule has 0 spiro atoms. The SMILES string of the molecule is CC(=O)Nc1cc(C(=O)NC(C)c2cnc(OCC(F)(F)F)c(F)c2)ccn1. The second-order valence-corrected chi connectivity index (χ2v) is 5.77. The van der Waals surface area contributed by atoms with E-state index in [9.17, 15) is 27.2 Å². The van der Waals surface area contributed by atoms with Crippen molar-refractivity contribution in [2.75, 3.05) is 11.9 Å². The molecule has 1 atom stereocenters. The lowest BCUT2D eigenvalue weighted by atomic mass is 10.1. The van der Waals surface area contributed by atoms with Gasteiger partial charge in [0.25, 0.3) is 11.8 Å². The number of amides is 2. The topological polar surface area (TPSA) is 93.2 Å². The monoisotopic (exact) mass is 400 g/mol. The molecule has 28 heavy (non-hydrogen) atoms. The molecule has 1 unspecified atom stereocenters. The Morgan fingerprint density at radius 2 is 1.96 bits per heavy atom. The molecule has 2 aromatic rings. The lowest BCUT2D eigenvalue weighted by Crippen LogP contribution is -2.27. The number of rotatable bonds is 6. The number of nitrogens with one attached hydrogen (secondary N) is 2. The number of pyridine rings is 2. The molecule has 0 aromatic carbocycles. The van der Waals surface area contributed by atoms with E-state index in [1.807, 2.05) is 0 Å². The maximum absolute atomic E-state index is 13.9. The van der Waals surface area contributed by atoms with Crippen molar-refractivity contribution in [3.05, 3.63) is 47.5 Å². The van der Waals surface area contributed by atoms with Crippen molar-refractivity contribution in [2.24, 2.45) is 0 Å². The molecule has 2 N–H and O–H groups in total. The van der Waals surface area contributed by atoms with Crippen molar-refractivity contribution in [3.63, 3.8) is 0 Å². The van der Waals surface area contributed by atoms with E-state index in [2.05, 4.69) is 25.3 Å². The molecule has 0 aliphatic carbocycles. The summed E-state index contributed by atoms with van der Waals surface area (Å²) in [6.07, 6.45) is -2.18. The van der Waals surface area contributed by atoms with Gasteiger partial charge >= 0.3 is 6.18 Å². The third-order valence-electron chi connectivity index (χ3n) is 3.37. The molecule has 0 saturated heterocycles. The van der Waals surface area contributed by atoms with Crippen LogP contribution in [0.25, 0.3) is 0 Å². The Kier molecular flexibility index (Phi) is 6.49. The second-order valence-electron chi connectivity index (χ2n) is 5.77. The molecule has 11 heteroatoms. The number of ether oxygens (including phenoxy) is 1. The molecule has 2 amide bonds. The average Bonchev–Trinajstić information content (AvgIpc) is 2.59. The number of hydrogen-bond donors (Lipinski definition) is 2. The zero-order valence-electron chi connectivity index (χ0n) is 14.8. The van der Waals surface area contributed by atoms with Crippen molar-refractivity contribution >= 4 is 17.6 Å². The summed E-state index contributed by atoms with van der Waals surface area (Å²) in [5.74, 6) is -2.56. The molecule has 0 aliphatic rings. The zero-order chi connectivity index (χ0) is 20.9. The van der Waals surface area contributed by atoms with Crippen LogP contribution in [-0.4, -0.2) is 34.6 Å². The minimum absolute atomic E-state index is 0.187. The molecule has 2 aromatic heterocycles. The highest BCUT2D eigenvalue weighted by Gasteiger charge is 2.29. The van der Waals surface area contributed by atoms with Gasteiger partial charge in [-0.05, 0) is 30.7 Å². The van der Waals surface area contributed by atoms with Gasteiger partial charge in [-0.15, -0.1) is 0 Å². The van der Waals surface area contributed by atoms with Crippen LogP contribution in [0.3, 0.4) is 0 Å².